The molecule has 0 aliphatic heterocycles. The van der Waals surface area contributed by atoms with Gasteiger partial charge in [0.1, 0.15) is 5.69 Å². The van der Waals surface area contributed by atoms with Gasteiger partial charge >= 0.3 is 0 Å². The number of hydrogen-bond acceptors (Lipinski definition) is 4. The molecular weight excluding hydrogens is 144 g/mol. The van der Waals surface area contributed by atoms with E-state index in [2.05, 4.69) is 25.1 Å². The molecule has 0 aromatic carbocycles. The number of aryl methyl sites for hydroxylation is 1. The Morgan fingerprint density at radius 1 is 1.45 bits per heavy atom. The minimum Gasteiger partial charge on any atom is -0.276 e. The largest absolute Gasteiger partial charge is 0.276 e. The number of aromatic amines is 1. The first-order valence-corrected chi connectivity index (χ1v) is 3.17. The molecule has 0 radical (unpaired) electrons. The van der Waals surface area contributed by atoms with Crippen molar-refractivity contribution < 1.29 is 4.63 Å². The maximum Gasteiger partial charge on any atom is 0.155 e. The summed E-state index contributed by atoms with van der Waals surface area (Å²) in [5.74, 6) is 0. The Kier molecular flexibility index (Phi) is 1.21. The monoisotopic (exact) mass is 150 g/mol. The van der Waals surface area contributed by atoms with Crippen LogP contribution in [0.3, 0.4) is 0 Å². The van der Waals surface area contributed by atoms with Crippen LogP contribution in [0.1, 0.15) is 5.69 Å². The molecule has 0 unspecified atom stereocenters. The van der Waals surface area contributed by atoms with Crippen molar-refractivity contribution in [2.75, 3.05) is 0 Å². The van der Waals surface area contributed by atoms with E-state index in [0.717, 1.165) is 11.4 Å². The highest BCUT2D eigenvalue weighted by Crippen LogP contribution is 2.15. The van der Waals surface area contributed by atoms with Crippen LogP contribution in [-0.2, 0) is 0 Å². The second kappa shape index (κ2) is 2.19. The van der Waals surface area contributed by atoms with Gasteiger partial charge in [-0.25, -0.2) is 4.63 Å². The van der Waals surface area contributed by atoms with E-state index >= 15 is 0 Å². The molecule has 0 amide bonds. The van der Waals surface area contributed by atoms with E-state index < -0.39 is 0 Å². The Labute approximate surface area is 62.4 Å². The molecule has 5 nitrogen and oxygen atoms in total. The summed E-state index contributed by atoms with van der Waals surface area (Å²) in [6.45, 7) is 1.83. The second-order valence-corrected chi connectivity index (χ2v) is 2.17. The van der Waals surface area contributed by atoms with Gasteiger partial charge < -0.3 is 0 Å². The Balaban J connectivity index is 2.53. The third kappa shape index (κ3) is 0.899. The van der Waals surface area contributed by atoms with Gasteiger partial charge in [-0.1, -0.05) is 5.16 Å². The minimum absolute atomic E-state index is 0.711. The summed E-state index contributed by atoms with van der Waals surface area (Å²) < 4.78 is 4.52. The van der Waals surface area contributed by atoms with E-state index in [9.17, 15) is 0 Å². The van der Waals surface area contributed by atoms with Gasteiger partial charge in [0, 0.05) is 6.20 Å². The number of nitrogens with one attached hydrogen (secondary N) is 1. The molecule has 2 aromatic heterocycles. The lowest BCUT2D eigenvalue weighted by atomic mass is 10.3. The van der Waals surface area contributed by atoms with Crippen LogP contribution < -0.4 is 0 Å². The van der Waals surface area contributed by atoms with Gasteiger partial charge in [-0.2, -0.15) is 5.10 Å². The normalized spacial score (nSPS) is 10.3. The van der Waals surface area contributed by atoms with Gasteiger partial charge in [0.25, 0.3) is 0 Å². The molecule has 2 rings (SSSR count). The van der Waals surface area contributed by atoms with Crippen molar-refractivity contribution >= 4 is 0 Å². The highest BCUT2D eigenvalue weighted by molar-refractivity contribution is 5.54. The highest BCUT2D eigenvalue weighted by Gasteiger charge is 2.07. The average Bonchev–Trinajstić information content (AvgIpc) is 2.55. The van der Waals surface area contributed by atoms with Gasteiger partial charge in [-0.15, -0.1) is 0 Å². The van der Waals surface area contributed by atoms with Crippen LogP contribution in [0, 0.1) is 6.92 Å². The van der Waals surface area contributed by atoms with Gasteiger partial charge in [-0.3, -0.25) is 5.10 Å². The number of rotatable bonds is 1. The van der Waals surface area contributed by atoms with Gasteiger partial charge in [0.2, 0.25) is 0 Å². The van der Waals surface area contributed by atoms with Gasteiger partial charge in [0.05, 0.1) is 5.69 Å². The van der Waals surface area contributed by atoms with Crippen LogP contribution in [0.15, 0.2) is 16.9 Å². The van der Waals surface area contributed by atoms with Crippen molar-refractivity contribution in [1.82, 2.24) is 20.5 Å². The molecule has 0 fully saturated rings. The zero-order valence-electron chi connectivity index (χ0n) is 5.90. The van der Waals surface area contributed by atoms with Crippen LogP contribution in [0.25, 0.3) is 11.4 Å². The Morgan fingerprint density at radius 3 is 2.91 bits per heavy atom. The zero-order valence-corrected chi connectivity index (χ0v) is 5.90. The maximum atomic E-state index is 4.52. The van der Waals surface area contributed by atoms with Crippen molar-refractivity contribution in [3.63, 3.8) is 0 Å². The van der Waals surface area contributed by atoms with E-state index in [0.29, 0.717) is 5.69 Å². The van der Waals surface area contributed by atoms with Crippen LogP contribution in [0.5, 0.6) is 0 Å². The molecule has 0 atom stereocenters. The molecule has 0 aliphatic carbocycles. The summed E-state index contributed by atoms with van der Waals surface area (Å²) in [7, 11) is 0. The summed E-state index contributed by atoms with van der Waals surface area (Å²) in [6, 6.07) is 1.81. The Hall–Kier alpha value is -1.65. The first-order chi connectivity index (χ1) is 5.38. The molecule has 1 N–H and O–H groups in total. The van der Waals surface area contributed by atoms with Crippen LogP contribution >= 0.6 is 0 Å². The lowest BCUT2D eigenvalue weighted by molar-refractivity contribution is 0.306. The molecule has 0 aliphatic rings. The standard InChI is InChI=1S/C6H6N4O/c1-4-6(10-11-9-4)5-2-3-7-8-5/h2-3H,1H3,(H,7,8). The summed E-state index contributed by atoms with van der Waals surface area (Å²) in [6.07, 6.45) is 1.66. The van der Waals surface area contributed by atoms with E-state index in [1.807, 2.05) is 13.0 Å². The fourth-order valence-corrected chi connectivity index (χ4v) is 0.864. The fraction of sp³-hybridized carbons (Fsp3) is 0.167. The van der Waals surface area contributed by atoms with Gasteiger partial charge in [0.15, 0.2) is 5.69 Å². The van der Waals surface area contributed by atoms with E-state index in [-0.39, 0.29) is 0 Å². The van der Waals surface area contributed by atoms with Gasteiger partial charge in [-0.05, 0) is 18.1 Å². The molecule has 5 heteroatoms. The summed E-state index contributed by atoms with van der Waals surface area (Å²) in [4.78, 5) is 0. The predicted molar refractivity (Wildman–Crippen MR) is 36.6 cm³/mol. The van der Waals surface area contributed by atoms with Crippen molar-refractivity contribution in [2.24, 2.45) is 0 Å². The van der Waals surface area contributed by atoms with Crippen molar-refractivity contribution in [2.45, 2.75) is 6.92 Å². The first-order valence-electron chi connectivity index (χ1n) is 3.17. The van der Waals surface area contributed by atoms with Crippen molar-refractivity contribution in [3.05, 3.63) is 18.0 Å². The molecule has 2 heterocycles. The molecule has 0 saturated heterocycles. The van der Waals surface area contributed by atoms with Crippen molar-refractivity contribution in [1.29, 1.82) is 0 Å². The highest BCUT2D eigenvalue weighted by atomic mass is 16.6. The lowest BCUT2D eigenvalue weighted by Crippen LogP contribution is -1.80. The van der Waals surface area contributed by atoms with E-state index in [1.165, 1.54) is 0 Å². The molecular formula is C6H6N4O. The molecule has 56 valence electrons. The summed E-state index contributed by atoms with van der Waals surface area (Å²) in [5.41, 5.74) is 2.29. The molecule has 11 heavy (non-hydrogen) atoms. The van der Waals surface area contributed by atoms with Crippen LogP contribution in [-0.4, -0.2) is 20.5 Å². The number of aromatic nitrogens is 4. The zero-order chi connectivity index (χ0) is 7.68. The topological polar surface area (TPSA) is 67.6 Å². The van der Waals surface area contributed by atoms with E-state index in [1.54, 1.807) is 6.20 Å². The quantitative estimate of drug-likeness (QED) is 0.651. The molecule has 2 aromatic rings. The van der Waals surface area contributed by atoms with Crippen LogP contribution in [0.2, 0.25) is 0 Å². The van der Waals surface area contributed by atoms with Crippen LogP contribution in [0.4, 0.5) is 0 Å². The molecule has 0 saturated carbocycles. The summed E-state index contributed by atoms with van der Waals surface area (Å²) >= 11 is 0. The molecule has 0 bridgehead atoms. The second-order valence-electron chi connectivity index (χ2n) is 2.17. The Morgan fingerprint density at radius 2 is 2.36 bits per heavy atom. The van der Waals surface area contributed by atoms with E-state index in [4.69, 9.17) is 0 Å². The minimum atomic E-state index is 0.711. The van der Waals surface area contributed by atoms with Crippen molar-refractivity contribution in [3.8, 4) is 11.4 Å². The maximum absolute atomic E-state index is 4.52. The molecule has 0 spiro atoms. The predicted octanol–water partition coefficient (Wildman–Crippen LogP) is 0.768. The number of hydrogen-bond donors (Lipinski definition) is 1. The smallest absolute Gasteiger partial charge is 0.155 e. The lowest BCUT2D eigenvalue weighted by Gasteiger charge is -1.85. The average molecular weight is 150 g/mol. The Bertz CT molecular complexity index is 337. The number of nitrogens with zero attached hydrogens (tertiary/aromatic N) is 3. The fourth-order valence-electron chi connectivity index (χ4n) is 0.864. The third-order valence-electron chi connectivity index (χ3n) is 1.41. The first kappa shape index (κ1) is 6.09. The number of H-pyrrole nitrogens is 1. The SMILES string of the molecule is Cc1nonc1-c1ccn[nH]1. The summed E-state index contributed by atoms with van der Waals surface area (Å²) in [5, 5.41) is 13.9. The third-order valence-corrected chi connectivity index (χ3v) is 1.41.